The van der Waals surface area contributed by atoms with Crippen LogP contribution in [0.4, 0.5) is 0 Å². The summed E-state index contributed by atoms with van der Waals surface area (Å²) in [5, 5.41) is 45.3. The van der Waals surface area contributed by atoms with Crippen LogP contribution >= 0.6 is 0 Å². The first kappa shape index (κ1) is 29.3. The van der Waals surface area contributed by atoms with Crippen molar-refractivity contribution in [1.29, 1.82) is 0 Å². The van der Waals surface area contributed by atoms with E-state index in [1.165, 1.54) is 11.0 Å². The molecular formula is C31H35N3O8. The zero-order valence-electron chi connectivity index (χ0n) is 24.1. The number of primary amides is 1. The molecule has 11 nitrogen and oxygen atoms in total. The van der Waals surface area contributed by atoms with Crippen LogP contribution in [0.25, 0.3) is 16.9 Å². The molecule has 0 saturated heterocycles. The summed E-state index contributed by atoms with van der Waals surface area (Å²) in [6.07, 6.45) is 0.192. The lowest BCUT2D eigenvalue weighted by molar-refractivity contribution is -0.153. The molecule has 6 N–H and O–H groups in total. The van der Waals surface area contributed by atoms with Crippen molar-refractivity contribution in [3.05, 3.63) is 63.9 Å². The lowest BCUT2D eigenvalue weighted by atomic mass is 9.57. The molecule has 0 aliphatic heterocycles. The highest BCUT2D eigenvalue weighted by Gasteiger charge is 2.64. The fraction of sp³-hybridized carbons (Fsp3) is 0.387. The van der Waals surface area contributed by atoms with E-state index in [2.05, 4.69) is 0 Å². The van der Waals surface area contributed by atoms with E-state index in [0.717, 1.165) is 11.1 Å². The number of hydrogen-bond donors (Lipinski definition) is 5. The van der Waals surface area contributed by atoms with Crippen molar-refractivity contribution < 1.29 is 39.5 Å². The van der Waals surface area contributed by atoms with Gasteiger partial charge >= 0.3 is 0 Å². The summed E-state index contributed by atoms with van der Waals surface area (Å²) < 4.78 is 5.66. The van der Waals surface area contributed by atoms with Crippen molar-refractivity contribution in [2.75, 3.05) is 35.3 Å². The second-order valence-corrected chi connectivity index (χ2v) is 11.7. The van der Waals surface area contributed by atoms with Crippen molar-refractivity contribution in [3.63, 3.8) is 0 Å². The van der Waals surface area contributed by atoms with Crippen LogP contribution < -0.4 is 10.5 Å². The molecule has 1 fully saturated rings. The fourth-order valence-electron chi connectivity index (χ4n) is 6.93. The molecule has 0 radical (unpaired) electrons. The molecule has 0 heterocycles. The van der Waals surface area contributed by atoms with E-state index in [4.69, 9.17) is 10.5 Å². The fourth-order valence-corrected chi connectivity index (χ4v) is 6.93. The van der Waals surface area contributed by atoms with Crippen LogP contribution in [0.1, 0.15) is 23.1 Å². The first-order valence-corrected chi connectivity index (χ1v) is 13.6. The highest BCUT2D eigenvalue weighted by atomic mass is 16.5. The highest BCUT2D eigenvalue weighted by molar-refractivity contribution is 6.24. The molecule has 0 aromatic heterocycles. The average molecular weight is 578 g/mol. The van der Waals surface area contributed by atoms with Gasteiger partial charge in [-0.25, -0.2) is 0 Å². The van der Waals surface area contributed by atoms with Gasteiger partial charge in [0.25, 0.3) is 5.91 Å². The number of hydrogen-bond acceptors (Lipinski definition) is 10. The second kappa shape index (κ2) is 10.3. The van der Waals surface area contributed by atoms with Gasteiger partial charge in [0.05, 0.1) is 18.7 Å². The minimum absolute atomic E-state index is 0.0126. The highest BCUT2D eigenvalue weighted by Crippen LogP contribution is 2.54. The summed E-state index contributed by atoms with van der Waals surface area (Å²) in [5.74, 6) is -6.27. The van der Waals surface area contributed by atoms with E-state index in [0.29, 0.717) is 23.4 Å². The van der Waals surface area contributed by atoms with Crippen LogP contribution in [0, 0.1) is 11.8 Å². The Kier molecular flexibility index (Phi) is 7.16. The molecule has 3 aliphatic rings. The SMILES string of the molecule is COc1ccc(CN(C)C)cc1-c1ccc(O)c2c1C[C@@H]1C[C@@H]3[C@@H](N(C)C)C(=O)C(C(N)=O)=C(O)[C@]3(O)C(=O)C1=C2O. The number of phenolic OH excluding ortho intramolecular Hbond substituents is 1. The van der Waals surface area contributed by atoms with Crippen LogP contribution in [-0.4, -0.2) is 94.6 Å². The number of aliphatic hydroxyl groups is 3. The molecule has 1 amide bonds. The Morgan fingerprint density at radius 3 is 2.36 bits per heavy atom. The Hall–Kier alpha value is -4.19. The number of ketones is 2. The second-order valence-electron chi connectivity index (χ2n) is 11.7. The number of aliphatic hydroxyl groups excluding tert-OH is 2. The number of nitrogens with two attached hydrogens (primary N) is 1. The van der Waals surface area contributed by atoms with Gasteiger partial charge in [0.1, 0.15) is 28.6 Å². The van der Waals surface area contributed by atoms with E-state index in [1.807, 2.05) is 37.2 Å². The predicted octanol–water partition coefficient (Wildman–Crippen LogP) is 1.70. The Balaban J connectivity index is 1.73. The smallest absolute Gasteiger partial charge is 0.255 e. The third kappa shape index (κ3) is 4.19. The zero-order valence-corrected chi connectivity index (χ0v) is 24.1. The number of carbonyl (C=O) groups excluding carboxylic acids is 3. The van der Waals surface area contributed by atoms with Gasteiger partial charge in [-0.1, -0.05) is 12.1 Å². The van der Waals surface area contributed by atoms with Crippen LogP contribution in [0.5, 0.6) is 11.5 Å². The van der Waals surface area contributed by atoms with Crippen LogP contribution in [0.3, 0.4) is 0 Å². The first-order chi connectivity index (χ1) is 19.7. The van der Waals surface area contributed by atoms with Gasteiger partial charge in [0.15, 0.2) is 11.4 Å². The Morgan fingerprint density at radius 1 is 1.07 bits per heavy atom. The Bertz CT molecular complexity index is 1590. The number of aromatic hydroxyl groups is 1. The van der Waals surface area contributed by atoms with Gasteiger partial charge in [-0.2, -0.15) is 0 Å². The van der Waals surface area contributed by atoms with Gasteiger partial charge in [-0.05, 0) is 81.8 Å². The minimum Gasteiger partial charge on any atom is -0.508 e. The molecule has 0 unspecified atom stereocenters. The Labute approximate surface area is 243 Å². The third-order valence-electron chi connectivity index (χ3n) is 8.66. The van der Waals surface area contributed by atoms with Gasteiger partial charge in [0, 0.05) is 23.6 Å². The summed E-state index contributed by atoms with van der Waals surface area (Å²) >= 11 is 0. The molecule has 222 valence electrons. The molecule has 5 rings (SSSR count). The van der Waals surface area contributed by atoms with Gasteiger partial charge < -0.3 is 35.8 Å². The number of carbonyl (C=O) groups is 3. The normalized spacial score (nSPS) is 25.5. The largest absolute Gasteiger partial charge is 0.508 e. The molecule has 4 atom stereocenters. The van der Waals surface area contributed by atoms with Crippen molar-refractivity contribution in [2.45, 2.75) is 31.0 Å². The summed E-state index contributed by atoms with van der Waals surface area (Å²) in [6.45, 7) is 0.661. The zero-order chi connectivity index (χ0) is 30.8. The summed E-state index contributed by atoms with van der Waals surface area (Å²) in [5.41, 5.74) is 4.70. The number of ether oxygens (including phenoxy) is 1. The van der Waals surface area contributed by atoms with Crippen LogP contribution in [0.15, 0.2) is 47.2 Å². The van der Waals surface area contributed by atoms with Crippen molar-refractivity contribution in [2.24, 2.45) is 17.6 Å². The third-order valence-corrected chi connectivity index (χ3v) is 8.66. The number of fused-ring (bicyclic) bond motifs is 3. The number of Topliss-reactive ketones (excluding diaryl/α,β-unsaturated/α-hetero) is 2. The molecule has 2 aromatic rings. The molecule has 1 saturated carbocycles. The van der Waals surface area contributed by atoms with Gasteiger partial charge in [0.2, 0.25) is 5.78 Å². The number of benzene rings is 2. The van der Waals surface area contributed by atoms with Gasteiger partial charge in [-0.3, -0.25) is 19.3 Å². The lowest BCUT2D eigenvalue weighted by Gasteiger charge is -2.50. The maximum Gasteiger partial charge on any atom is 0.255 e. The lowest BCUT2D eigenvalue weighted by Crippen LogP contribution is -2.65. The van der Waals surface area contributed by atoms with E-state index in [-0.39, 0.29) is 29.7 Å². The maximum atomic E-state index is 14.1. The van der Waals surface area contributed by atoms with Crippen molar-refractivity contribution in [1.82, 2.24) is 9.80 Å². The molecule has 0 bridgehead atoms. The van der Waals surface area contributed by atoms with E-state index >= 15 is 0 Å². The van der Waals surface area contributed by atoms with E-state index in [9.17, 15) is 34.8 Å². The molecule has 11 heteroatoms. The molecular weight excluding hydrogens is 542 g/mol. The first-order valence-electron chi connectivity index (χ1n) is 13.6. The standard InChI is InChI=1S/C31H35N3O8/c1-33(2)13-14-6-9-21(42-5)17(10-14)16-7-8-20(35)23-18(16)11-15-12-19-25(34(3)4)27(37)24(30(32)40)29(39)31(19,41)28(38)22(15)26(23)36/h6-10,15,19,25,35-36,39,41H,11-13H2,1-5H3,(H2,32,40)/t15-,19-,25-,31-/m1/s1. The number of methoxy groups -OCH3 is 1. The molecule has 0 spiro atoms. The summed E-state index contributed by atoms with van der Waals surface area (Å²) in [4.78, 5) is 43.0. The van der Waals surface area contributed by atoms with Crippen molar-refractivity contribution >= 4 is 23.2 Å². The number of likely N-dealkylation sites (N-methyl/N-ethyl adjacent to an activating group) is 1. The number of rotatable bonds is 6. The minimum atomic E-state index is -2.68. The number of nitrogens with zero attached hydrogens (tertiary/aromatic N) is 2. The van der Waals surface area contributed by atoms with E-state index < -0.39 is 58.0 Å². The molecule has 42 heavy (non-hydrogen) atoms. The van der Waals surface area contributed by atoms with Crippen LogP contribution in [-0.2, 0) is 27.3 Å². The maximum absolute atomic E-state index is 14.1. The number of phenols is 1. The van der Waals surface area contributed by atoms with E-state index in [1.54, 1.807) is 27.3 Å². The predicted molar refractivity (Wildman–Crippen MR) is 154 cm³/mol. The van der Waals surface area contributed by atoms with Gasteiger partial charge in [-0.15, -0.1) is 0 Å². The quantitative estimate of drug-likeness (QED) is 0.318. The number of amides is 1. The topological polar surface area (TPSA) is 174 Å². The average Bonchev–Trinajstić information content (AvgIpc) is 2.90. The molecule has 2 aromatic carbocycles. The van der Waals surface area contributed by atoms with Crippen molar-refractivity contribution in [3.8, 4) is 22.6 Å². The monoisotopic (exact) mass is 577 g/mol. The Morgan fingerprint density at radius 2 is 1.76 bits per heavy atom. The summed E-state index contributed by atoms with van der Waals surface area (Å²) in [6, 6.07) is 7.77. The summed E-state index contributed by atoms with van der Waals surface area (Å²) in [7, 11) is 8.59. The molecule has 3 aliphatic carbocycles. The van der Waals surface area contributed by atoms with Crippen LogP contribution in [0.2, 0.25) is 0 Å².